The molecule has 148 valence electrons. The molecule has 2 fully saturated rings. The number of pyridine rings is 1. The molecule has 0 radical (unpaired) electrons. The van der Waals surface area contributed by atoms with Crippen LogP contribution in [0.2, 0.25) is 0 Å². The zero-order valence-corrected chi connectivity index (χ0v) is 16.5. The number of hydrogen-bond donors (Lipinski definition) is 1. The van der Waals surface area contributed by atoms with Gasteiger partial charge in [0.1, 0.15) is 11.4 Å². The van der Waals surface area contributed by atoms with Crippen LogP contribution in [-0.2, 0) is 4.74 Å². The van der Waals surface area contributed by atoms with E-state index in [4.69, 9.17) is 4.74 Å². The van der Waals surface area contributed by atoms with Crippen molar-refractivity contribution >= 4 is 17.8 Å². The first-order valence-electron chi connectivity index (χ1n) is 9.81. The number of alkyl carbamates (subject to hydrolysis) is 1. The van der Waals surface area contributed by atoms with E-state index in [0.29, 0.717) is 18.7 Å². The first-order chi connectivity index (χ1) is 12.8. The van der Waals surface area contributed by atoms with Gasteiger partial charge in [0.15, 0.2) is 0 Å². The Morgan fingerprint density at radius 1 is 1.15 bits per heavy atom. The molecule has 2 aliphatic rings. The summed E-state index contributed by atoms with van der Waals surface area (Å²) in [6.45, 7) is 8.80. The van der Waals surface area contributed by atoms with E-state index >= 15 is 0 Å². The molecule has 0 unspecified atom stereocenters. The molecule has 2 saturated heterocycles. The minimum absolute atomic E-state index is 0.0357. The van der Waals surface area contributed by atoms with Gasteiger partial charge in [-0.2, -0.15) is 0 Å². The van der Waals surface area contributed by atoms with Crippen molar-refractivity contribution in [2.75, 3.05) is 31.1 Å². The average Bonchev–Trinajstić information content (AvgIpc) is 3.15. The molecule has 2 amide bonds. The Labute approximate surface area is 161 Å². The molecular weight excluding hydrogens is 344 g/mol. The first kappa shape index (κ1) is 19.5. The molecule has 0 bridgehead atoms. The summed E-state index contributed by atoms with van der Waals surface area (Å²) in [5, 5.41) is 2.91. The quantitative estimate of drug-likeness (QED) is 0.881. The van der Waals surface area contributed by atoms with Crippen LogP contribution in [0.5, 0.6) is 0 Å². The number of piperidine rings is 1. The normalized spacial score (nSPS) is 18.5. The van der Waals surface area contributed by atoms with Crippen molar-refractivity contribution in [2.24, 2.45) is 0 Å². The molecule has 1 aromatic rings. The van der Waals surface area contributed by atoms with Gasteiger partial charge in [0.25, 0.3) is 5.91 Å². The lowest BCUT2D eigenvalue weighted by Gasteiger charge is -2.33. The number of rotatable bonds is 3. The zero-order chi connectivity index (χ0) is 19.4. The van der Waals surface area contributed by atoms with Crippen LogP contribution in [-0.4, -0.2) is 59.7 Å². The maximum Gasteiger partial charge on any atom is 0.407 e. The van der Waals surface area contributed by atoms with Crippen molar-refractivity contribution in [2.45, 2.75) is 58.1 Å². The molecule has 3 heterocycles. The average molecular weight is 374 g/mol. The molecule has 0 saturated carbocycles. The highest BCUT2D eigenvalue weighted by atomic mass is 16.6. The Morgan fingerprint density at radius 3 is 2.44 bits per heavy atom. The number of nitrogens with one attached hydrogen (secondary N) is 1. The SMILES string of the molecule is CC(C)(C)OC(=O)NC1CCN(C(=O)c2ccnc(N3CCCC3)c2)CC1. The molecule has 0 aromatic carbocycles. The second-order valence-electron chi connectivity index (χ2n) is 8.31. The molecule has 0 aliphatic carbocycles. The van der Waals surface area contributed by atoms with Crippen molar-refractivity contribution in [3.8, 4) is 0 Å². The Kier molecular flexibility index (Phi) is 5.87. The van der Waals surface area contributed by atoms with Gasteiger partial charge >= 0.3 is 6.09 Å². The van der Waals surface area contributed by atoms with Crippen molar-refractivity contribution in [3.05, 3.63) is 23.9 Å². The van der Waals surface area contributed by atoms with E-state index in [2.05, 4.69) is 15.2 Å². The Bertz CT molecular complexity index is 672. The van der Waals surface area contributed by atoms with Crippen LogP contribution in [0.3, 0.4) is 0 Å². The lowest BCUT2D eigenvalue weighted by atomic mass is 10.0. The third-order valence-electron chi connectivity index (χ3n) is 4.93. The highest BCUT2D eigenvalue weighted by Crippen LogP contribution is 2.20. The monoisotopic (exact) mass is 374 g/mol. The standard InChI is InChI=1S/C20H30N4O3/c1-20(2,3)27-19(26)22-16-7-12-24(13-8-16)18(25)15-6-9-21-17(14-15)23-10-4-5-11-23/h6,9,14,16H,4-5,7-8,10-13H2,1-3H3,(H,22,26). The van der Waals surface area contributed by atoms with Gasteiger partial charge in [0.2, 0.25) is 0 Å². The molecule has 0 atom stereocenters. The zero-order valence-electron chi connectivity index (χ0n) is 16.5. The number of anilines is 1. The summed E-state index contributed by atoms with van der Waals surface area (Å²) < 4.78 is 5.30. The molecule has 27 heavy (non-hydrogen) atoms. The fourth-order valence-electron chi connectivity index (χ4n) is 3.55. The van der Waals surface area contributed by atoms with E-state index in [1.54, 1.807) is 12.3 Å². The predicted molar refractivity (Wildman–Crippen MR) is 104 cm³/mol. The van der Waals surface area contributed by atoms with Crippen molar-refractivity contribution < 1.29 is 14.3 Å². The van der Waals surface area contributed by atoms with E-state index in [1.807, 2.05) is 31.7 Å². The summed E-state index contributed by atoms with van der Waals surface area (Å²) in [6, 6.07) is 3.73. The number of aromatic nitrogens is 1. The van der Waals surface area contributed by atoms with E-state index in [1.165, 1.54) is 12.8 Å². The molecule has 1 N–H and O–H groups in total. The van der Waals surface area contributed by atoms with Crippen LogP contribution in [0, 0.1) is 0 Å². The Morgan fingerprint density at radius 2 is 1.81 bits per heavy atom. The van der Waals surface area contributed by atoms with Crippen LogP contribution >= 0.6 is 0 Å². The molecule has 7 heteroatoms. The van der Waals surface area contributed by atoms with Crippen LogP contribution in [0.1, 0.15) is 56.8 Å². The lowest BCUT2D eigenvalue weighted by Crippen LogP contribution is -2.47. The van der Waals surface area contributed by atoms with Crippen molar-refractivity contribution in [3.63, 3.8) is 0 Å². The molecule has 3 rings (SSSR count). The van der Waals surface area contributed by atoms with E-state index in [-0.39, 0.29) is 11.9 Å². The smallest absolute Gasteiger partial charge is 0.407 e. The summed E-state index contributed by atoms with van der Waals surface area (Å²) in [6.07, 6.45) is 5.15. The third kappa shape index (κ3) is 5.34. The second kappa shape index (κ2) is 8.15. The summed E-state index contributed by atoms with van der Waals surface area (Å²) >= 11 is 0. The maximum atomic E-state index is 12.9. The van der Waals surface area contributed by atoms with Crippen molar-refractivity contribution in [1.29, 1.82) is 0 Å². The largest absolute Gasteiger partial charge is 0.444 e. The van der Waals surface area contributed by atoms with Gasteiger partial charge in [-0.25, -0.2) is 9.78 Å². The van der Waals surface area contributed by atoms with Crippen LogP contribution < -0.4 is 10.2 Å². The predicted octanol–water partition coefficient (Wildman–Crippen LogP) is 2.81. The maximum absolute atomic E-state index is 12.9. The van der Waals surface area contributed by atoms with Crippen LogP contribution in [0.4, 0.5) is 10.6 Å². The van der Waals surface area contributed by atoms with Gasteiger partial charge in [-0.05, 0) is 58.6 Å². The van der Waals surface area contributed by atoms with Gasteiger partial charge in [0, 0.05) is 44.0 Å². The van der Waals surface area contributed by atoms with Crippen LogP contribution in [0.15, 0.2) is 18.3 Å². The number of carbonyl (C=O) groups excluding carboxylic acids is 2. The third-order valence-corrected chi connectivity index (χ3v) is 4.93. The number of hydrogen-bond acceptors (Lipinski definition) is 5. The lowest BCUT2D eigenvalue weighted by molar-refractivity contribution is 0.0473. The van der Waals surface area contributed by atoms with E-state index in [0.717, 1.165) is 31.7 Å². The number of carbonyl (C=O) groups is 2. The Balaban J connectivity index is 1.53. The molecular formula is C20H30N4O3. The molecule has 0 spiro atoms. The van der Waals surface area contributed by atoms with Gasteiger partial charge in [-0.3, -0.25) is 4.79 Å². The number of likely N-dealkylation sites (tertiary alicyclic amines) is 1. The molecule has 1 aromatic heterocycles. The van der Waals surface area contributed by atoms with Gasteiger partial charge < -0.3 is 19.9 Å². The number of nitrogens with zero attached hydrogens (tertiary/aromatic N) is 3. The number of ether oxygens (including phenoxy) is 1. The topological polar surface area (TPSA) is 74.8 Å². The van der Waals surface area contributed by atoms with E-state index in [9.17, 15) is 9.59 Å². The fraction of sp³-hybridized carbons (Fsp3) is 0.650. The summed E-state index contributed by atoms with van der Waals surface area (Å²) in [7, 11) is 0. The first-order valence-corrected chi connectivity index (χ1v) is 9.81. The van der Waals surface area contributed by atoms with Gasteiger partial charge in [0.05, 0.1) is 0 Å². The second-order valence-corrected chi connectivity index (χ2v) is 8.31. The van der Waals surface area contributed by atoms with Gasteiger partial charge in [-0.1, -0.05) is 0 Å². The minimum atomic E-state index is -0.505. The highest BCUT2D eigenvalue weighted by Gasteiger charge is 2.27. The molecule has 2 aliphatic heterocycles. The van der Waals surface area contributed by atoms with E-state index < -0.39 is 11.7 Å². The minimum Gasteiger partial charge on any atom is -0.444 e. The van der Waals surface area contributed by atoms with Crippen molar-refractivity contribution in [1.82, 2.24) is 15.2 Å². The van der Waals surface area contributed by atoms with Crippen LogP contribution in [0.25, 0.3) is 0 Å². The highest BCUT2D eigenvalue weighted by molar-refractivity contribution is 5.95. The Hall–Kier alpha value is -2.31. The summed E-state index contributed by atoms with van der Waals surface area (Å²) in [4.78, 5) is 33.3. The van der Waals surface area contributed by atoms with Gasteiger partial charge in [-0.15, -0.1) is 0 Å². The molecule has 7 nitrogen and oxygen atoms in total. The fourth-order valence-corrected chi connectivity index (χ4v) is 3.55. The number of amides is 2. The summed E-state index contributed by atoms with van der Waals surface area (Å²) in [5.74, 6) is 0.924. The summed E-state index contributed by atoms with van der Waals surface area (Å²) in [5.41, 5.74) is 0.181.